The largest absolute Gasteiger partial charge is 0.478 e. The van der Waals surface area contributed by atoms with Gasteiger partial charge in [-0.3, -0.25) is 0 Å². The normalized spacial score (nSPS) is 13.3. The Morgan fingerprint density at radius 2 is 1.19 bits per heavy atom. The van der Waals surface area contributed by atoms with E-state index in [1.807, 2.05) is 0 Å². The van der Waals surface area contributed by atoms with Gasteiger partial charge >= 0.3 is 19.3 Å². The van der Waals surface area contributed by atoms with Crippen LogP contribution in [0.3, 0.4) is 0 Å². The molecule has 21 heavy (non-hydrogen) atoms. The highest BCUT2D eigenvalue weighted by Gasteiger charge is 2.35. The van der Waals surface area contributed by atoms with Crippen LogP contribution < -0.4 is 0 Å². The second kappa shape index (κ2) is 7.61. The summed E-state index contributed by atoms with van der Waals surface area (Å²) in [7, 11) is 0. The summed E-state index contributed by atoms with van der Waals surface area (Å²) in [5.74, 6) is 0. The minimum absolute atomic E-state index is 1.25. The molecule has 0 amide bonds. The van der Waals surface area contributed by atoms with Crippen LogP contribution in [-0.4, -0.2) is 25.6 Å². The van der Waals surface area contributed by atoms with Crippen LogP contribution in [0.4, 0.5) is 26.3 Å². The van der Waals surface area contributed by atoms with Gasteiger partial charge in [-0.05, 0) is 0 Å². The molecule has 13 heteroatoms. The molecule has 0 bridgehead atoms. The summed E-state index contributed by atoms with van der Waals surface area (Å²) in [4.78, 5) is 7.69. The Balaban J connectivity index is 4.09. The summed E-state index contributed by atoms with van der Waals surface area (Å²) in [6.07, 6.45) is -9.55. The second-order valence-electron chi connectivity index (χ2n) is 3.31. The van der Waals surface area contributed by atoms with Crippen LogP contribution in [0.2, 0.25) is 0 Å². The molecule has 0 aromatic heterocycles. The van der Waals surface area contributed by atoms with Crippen molar-refractivity contribution in [1.82, 2.24) is 0 Å². The molecule has 0 aromatic rings. The maximum Gasteiger partial charge on any atom is 0.478 e. The molecule has 0 saturated carbocycles. The fourth-order valence-corrected chi connectivity index (χ4v) is 1.12. The molecule has 0 spiro atoms. The van der Waals surface area contributed by atoms with Crippen molar-refractivity contribution >= 4 is 18.2 Å². The van der Waals surface area contributed by atoms with Crippen LogP contribution in [0.15, 0.2) is 24.3 Å². The molecule has 0 heterocycles. The smallest absolute Gasteiger partial charge is 0.236 e. The Morgan fingerprint density at radius 1 is 0.905 bits per heavy atom. The first kappa shape index (κ1) is 20.4. The van der Waals surface area contributed by atoms with Gasteiger partial charge < -0.3 is 0 Å². The SMILES string of the molecule is C=C(COOP(=O)(Cl)OOCC(=C)C(F)(F)F)C(F)(F)F. The number of halogens is 7. The van der Waals surface area contributed by atoms with E-state index in [1.54, 1.807) is 0 Å². The van der Waals surface area contributed by atoms with E-state index >= 15 is 0 Å². The molecule has 0 aliphatic rings. The third-order valence-corrected chi connectivity index (χ3v) is 2.46. The molecule has 5 nitrogen and oxygen atoms in total. The molecule has 0 rings (SSSR count). The number of hydrogen-bond acceptors (Lipinski definition) is 5. The van der Waals surface area contributed by atoms with E-state index in [-0.39, 0.29) is 0 Å². The van der Waals surface area contributed by atoms with E-state index in [2.05, 4.69) is 32.3 Å². The maximum atomic E-state index is 12.0. The minimum Gasteiger partial charge on any atom is -0.236 e. The highest BCUT2D eigenvalue weighted by molar-refractivity contribution is 7.81. The van der Waals surface area contributed by atoms with Gasteiger partial charge in [0.2, 0.25) is 0 Å². The van der Waals surface area contributed by atoms with Crippen LogP contribution in [0, 0.1) is 0 Å². The highest BCUT2D eigenvalue weighted by atomic mass is 35.7. The molecule has 124 valence electrons. The van der Waals surface area contributed by atoms with E-state index in [1.165, 1.54) is 0 Å². The zero-order valence-electron chi connectivity index (χ0n) is 9.96. The summed E-state index contributed by atoms with van der Waals surface area (Å²) < 4.78 is 90.4. The molecule has 0 fully saturated rings. The van der Waals surface area contributed by atoms with Gasteiger partial charge in [0.15, 0.2) is 0 Å². The van der Waals surface area contributed by atoms with Gasteiger partial charge in [-0.15, -0.1) is 9.35 Å². The summed E-state index contributed by atoms with van der Waals surface area (Å²) in [5, 5.41) is 0. The maximum absolute atomic E-state index is 12.0. The van der Waals surface area contributed by atoms with Crippen molar-refractivity contribution in [3.05, 3.63) is 24.3 Å². The molecule has 0 aromatic carbocycles. The Hall–Kier alpha value is -0.580. The number of rotatable bonds is 8. The Morgan fingerprint density at radius 3 is 1.43 bits per heavy atom. The van der Waals surface area contributed by atoms with Gasteiger partial charge in [0.25, 0.3) is 0 Å². The first-order chi connectivity index (χ1) is 9.26. The average molecular weight is 365 g/mol. The summed E-state index contributed by atoms with van der Waals surface area (Å²) in [5.41, 5.74) is -2.77. The molecule has 0 aliphatic heterocycles. The molecule has 0 aliphatic carbocycles. The van der Waals surface area contributed by atoms with Gasteiger partial charge in [0.05, 0.1) is 11.1 Å². The van der Waals surface area contributed by atoms with E-state index < -0.39 is 43.7 Å². The number of hydrogen-bond donors (Lipinski definition) is 0. The first-order valence-corrected chi connectivity index (χ1v) is 7.12. The van der Waals surface area contributed by atoms with Crippen molar-refractivity contribution in [2.45, 2.75) is 12.4 Å². The molecular formula is C8H8ClF6O5P. The van der Waals surface area contributed by atoms with Gasteiger partial charge in [-0.1, -0.05) is 13.2 Å². The highest BCUT2D eigenvalue weighted by Crippen LogP contribution is 2.54. The first-order valence-electron chi connectivity index (χ1n) is 4.68. The van der Waals surface area contributed by atoms with Crippen molar-refractivity contribution in [3.8, 4) is 0 Å². The lowest BCUT2D eigenvalue weighted by Crippen LogP contribution is -2.16. The van der Waals surface area contributed by atoms with E-state index in [9.17, 15) is 30.9 Å². The predicted molar refractivity (Wildman–Crippen MR) is 57.9 cm³/mol. The van der Waals surface area contributed by atoms with E-state index in [0.717, 1.165) is 0 Å². The van der Waals surface area contributed by atoms with Crippen LogP contribution in [-0.2, 0) is 23.7 Å². The molecule has 0 unspecified atom stereocenters. The van der Waals surface area contributed by atoms with Gasteiger partial charge in [-0.25, -0.2) is 14.3 Å². The lowest BCUT2D eigenvalue weighted by molar-refractivity contribution is -0.262. The average Bonchev–Trinajstić information content (AvgIpc) is 2.25. The lowest BCUT2D eigenvalue weighted by atomic mass is 10.3. The predicted octanol–water partition coefficient (Wildman–Crippen LogP) is 4.47. The third-order valence-electron chi connectivity index (χ3n) is 1.55. The Labute approximate surface area is 119 Å². The summed E-state index contributed by atoms with van der Waals surface area (Å²) in [6, 6.07) is 0. The molecule has 0 atom stereocenters. The Bertz CT molecular complexity index is 398. The van der Waals surface area contributed by atoms with Crippen molar-refractivity contribution in [1.29, 1.82) is 0 Å². The zero-order valence-corrected chi connectivity index (χ0v) is 11.6. The van der Waals surface area contributed by atoms with Crippen LogP contribution >= 0.6 is 18.2 Å². The van der Waals surface area contributed by atoms with Gasteiger partial charge in [0, 0.05) is 11.2 Å². The van der Waals surface area contributed by atoms with Crippen LogP contribution in [0.1, 0.15) is 0 Å². The summed E-state index contributed by atoms with van der Waals surface area (Å²) >= 11 is 4.97. The molecule has 0 saturated heterocycles. The van der Waals surface area contributed by atoms with E-state index in [4.69, 9.17) is 11.2 Å². The fraction of sp³-hybridized carbons (Fsp3) is 0.500. The van der Waals surface area contributed by atoms with E-state index in [0.29, 0.717) is 0 Å². The molecular weight excluding hydrogens is 356 g/mol. The topological polar surface area (TPSA) is 54.0 Å². The second-order valence-corrected chi connectivity index (χ2v) is 5.71. The lowest BCUT2D eigenvalue weighted by Gasteiger charge is -2.13. The van der Waals surface area contributed by atoms with Crippen LogP contribution in [0.25, 0.3) is 0 Å². The molecule has 0 N–H and O–H groups in total. The van der Waals surface area contributed by atoms with Gasteiger partial charge in [-0.2, -0.15) is 26.3 Å². The van der Waals surface area contributed by atoms with Gasteiger partial charge in [0.1, 0.15) is 13.2 Å². The zero-order chi connectivity index (χ0) is 16.9. The summed E-state index contributed by atoms with van der Waals surface area (Å²) in [6.45, 7) is -2.03. The third kappa shape index (κ3) is 9.12. The number of alkyl halides is 6. The monoisotopic (exact) mass is 364 g/mol. The standard InChI is InChI=1S/C8H8ClF6O5P/c1-5(7(10,11)12)3-17-19-21(9,16)20-18-4-6(2)8(13,14)15/h1-4H2. The molecule has 0 radical (unpaired) electrons. The van der Waals surface area contributed by atoms with Crippen molar-refractivity contribution < 1.29 is 50.0 Å². The van der Waals surface area contributed by atoms with Crippen molar-refractivity contribution in [2.24, 2.45) is 0 Å². The van der Waals surface area contributed by atoms with Crippen molar-refractivity contribution in [3.63, 3.8) is 0 Å². The van der Waals surface area contributed by atoms with Crippen LogP contribution in [0.5, 0.6) is 0 Å². The Kier molecular flexibility index (Phi) is 7.40. The fourth-order valence-electron chi connectivity index (χ4n) is 0.497. The van der Waals surface area contributed by atoms with Crippen molar-refractivity contribution in [2.75, 3.05) is 13.2 Å². The minimum atomic E-state index is -4.78. The quantitative estimate of drug-likeness (QED) is 0.209.